The highest BCUT2D eigenvalue weighted by Crippen LogP contribution is 2.39. The Balaban J connectivity index is 1.73. The second-order valence-electron chi connectivity index (χ2n) is 7.97. The third-order valence-electron chi connectivity index (χ3n) is 6.00. The largest absolute Gasteiger partial charge is 0.467 e. The average molecular weight is 433 g/mol. The summed E-state index contributed by atoms with van der Waals surface area (Å²) >= 11 is 0. The van der Waals surface area contributed by atoms with Crippen LogP contribution in [0.15, 0.2) is 115 Å². The Labute approximate surface area is 193 Å². The van der Waals surface area contributed by atoms with Gasteiger partial charge < -0.3 is 9.47 Å². The first kappa shape index (κ1) is 20.9. The Hall–Kier alpha value is -3.95. The molecule has 3 nitrogen and oxygen atoms in total. The molecule has 5 rings (SSSR count). The normalized spacial score (nSPS) is 12.2. The van der Waals surface area contributed by atoms with E-state index in [9.17, 15) is 4.79 Å². The first-order chi connectivity index (χ1) is 16.3. The van der Waals surface area contributed by atoms with Crippen LogP contribution in [0.3, 0.4) is 0 Å². The van der Waals surface area contributed by atoms with Crippen molar-refractivity contribution in [2.75, 3.05) is 7.11 Å². The number of esters is 1. The molecular formula is C30H24O3. The van der Waals surface area contributed by atoms with Gasteiger partial charge in [0.25, 0.3) is 0 Å². The zero-order valence-corrected chi connectivity index (χ0v) is 18.3. The fourth-order valence-corrected chi connectivity index (χ4v) is 4.41. The van der Waals surface area contributed by atoms with Gasteiger partial charge in [0.15, 0.2) is 6.10 Å². The standard InChI is InChI=1S/C30H24O3/c1-32-30(31)28(23-13-3-2-4-14-23)33-29(26-19-9-15-21-11-5-7-17-24(21)26)27-20-10-16-22-12-6-8-18-25(22)27/h2-20,28-29H,1H3/t28-/m0/s1. The third-order valence-corrected chi connectivity index (χ3v) is 6.00. The highest BCUT2D eigenvalue weighted by molar-refractivity contribution is 5.90. The molecule has 33 heavy (non-hydrogen) atoms. The summed E-state index contributed by atoms with van der Waals surface area (Å²) in [5, 5.41) is 4.43. The van der Waals surface area contributed by atoms with Crippen LogP contribution < -0.4 is 0 Å². The molecule has 0 aliphatic carbocycles. The maximum atomic E-state index is 12.9. The summed E-state index contributed by atoms with van der Waals surface area (Å²) in [5.41, 5.74) is 2.78. The number of carbonyl (C=O) groups is 1. The molecule has 0 aromatic heterocycles. The molecule has 5 aromatic carbocycles. The van der Waals surface area contributed by atoms with Gasteiger partial charge in [0.2, 0.25) is 0 Å². The summed E-state index contributed by atoms with van der Waals surface area (Å²) in [6, 6.07) is 38.4. The highest BCUT2D eigenvalue weighted by Gasteiger charge is 2.29. The Bertz CT molecular complexity index is 1320. The summed E-state index contributed by atoms with van der Waals surface area (Å²) in [4.78, 5) is 12.9. The molecule has 0 heterocycles. The number of carbonyl (C=O) groups excluding carboxylic acids is 1. The van der Waals surface area contributed by atoms with Crippen molar-refractivity contribution in [2.45, 2.75) is 12.2 Å². The molecule has 0 radical (unpaired) electrons. The summed E-state index contributed by atoms with van der Waals surface area (Å²) < 4.78 is 11.9. The number of rotatable bonds is 6. The lowest BCUT2D eigenvalue weighted by Gasteiger charge is -2.26. The molecule has 0 N–H and O–H groups in total. The van der Waals surface area contributed by atoms with E-state index in [1.807, 2.05) is 66.7 Å². The van der Waals surface area contributed by atoms with Crippen molar-refractivity contribution >= 4 is 27.5 Å². The van der Waals surface area contributed by atoms with Crippen LogP contribution in [0.1, 0.15) is 28.9 Å². The second kappa shape index (κ2) is 9.27. The number of methoxy groups -OCH3 is 1. The molecule has 0 spiro atoms. The second-order valence-corrected chi connectivity index (χ2v) is 7.97. The SMILES string of the molecule is COC(=O)[C@@H](OC(c1cccc2ccccc12)c1cccc2ccccc12)c1ccccc1. The van der Waals surface area contributed by atoms with Crippen molar-refractivity contribution in [3.63, 3.8) is 0 Å². The lowest BCUT2D eigenvalue weighted by Crippen LogP contribution is -2.21. The van der Waals surface area contributed by atoms with Crippen molar-refractivity contribution in [1.82, 2.24) is 0 Å². The molecule has 0 unspecified atom stereocenters. The van der Waals surface area contributed by atoms with Gasteiger partial charge in [0.1, 0.15) is 6.10 Å². The lowest BCUT2D eigenvalue weighted by molar-refractivity contribution is -0.157. The van der Waals surface area contributed by atoms with E-state index in [0.717, 1.165) is 38.2 Å². The third kappa shape index (κ3) is 4.11. The fraction of sp³-hybridized carbons (Fsp3) is 0.100. The molecule has 0 aliphatic heterocycles. The highest BCUT2D eigenvalue weighted by atomic mass is 16.6. The molecule has 0 saturated carbocycles. The Morgan fingerprint density at radius 3 is 1.64 bits per heavy atom. The Morgan fingerprint density at radius 2 is 1.09 bits per heavy atom. The van der Waals surface area contributed by atoms with Gasteiger partial charge in [-0.25, -0.2) is 4.79 Å². The van der Waals surface area contributed by atoms with E-state index in [4.69, 9.17) is 9.47 Å². The zero-order valence-electron chi connectivity index (χ0n) is 18.3. The first-order valence-corrected chi connectivity index (χ1v) is 11.0. The van der Waals surface area contributed by atoms with Crippen molar-refractivity contribution in [3.8, 4) is 0 Å². The van der Waals surface area contributed by atoms with Gasteiger partial charge in [-0.15, -0.1) is 0 Å². The molecule has 0 saturated heterocycles. The molecular weight excluding hydrogens is 408 g/mol. The number of benzene rings is 5. The maximum absolute atomic E-state index is 12.9. The van der Waals surface area contributed by atoms with Crippen LogP contribution in [0, 0.1) is 0 Å². The van der Waals surface area contributed by atoms with E-state index in [0.29, 0.717) is 0 Å². The first-order valence-electron chi connectivity index (χ1n) is 11.0. The van der Waals surface area contributed by atoms with Gasteiger partial charge in [0, 0.05) is 0 Å². The number of hydrogen-bond donors (Lipinski definition) is 0. The van der Waals surface area contributed by atoms with Gasteiger partial charge in [-0.05, 0) is 38.2 Å². The van der Waals surface area contributed by atoms with Crippen molar-refractivity contribution in [2.24, 2.45) is 0 Å². The summed E-state index contributed by atoms with van der Waals surface area (Å²) in [5.74, 6) is -0.424. The number of hydrogen-bond acceptors (Lipinski definition) is 3. The molecule has 5 aromatic rings. The molecule has 3 heteroatoms. The quantitative estimate of drug-likeness (QED) is 0.271. The summed E-state index contributed by atoms with van der Waals surface area (Å²) in [6.07, 6.45) is -1.34. The monoisotopic (exact) mass is 432 g/mol. The molecule has 0 bridgehead atoms. The van der Waals surface area contributed by atoms with Crippen LogP contribution in [-0.2, 0) is 14.3 Å². The van der Waals surface area contributed by atoms with E-state index in [2.05, 4.69) is 48.5 Å². The van der Waals surface area contributed by atoms with Gasteiger partial charge in [-0.3, -0.25) is 0 Å². The van der Waals surface area contributed by atoms with Gasteiger partial charge in [-0.1, -0.05) is 115 Å². The van der Waals surface area contributed by atoms with E-state index in [1.54, 1.807) is 0 Å². The minimum atomic E-state index is -0.862. The average Bonchev–Trinajstić information content (AvgIpc) is 2.89. The minimum Gasteiger partial charge on any atom is -0.467 e. The maximum Gasteiger partial charge on any atom is 0.339 e. The Morgan fingerprint density at radius 1 is 0.606 bits per heavy atom. The molecule has 0 fully saturated rings. The van der Waals surface area contributed by atoms with Crippen LogP contribution in [0.2, 0.25) is 0 Å². The van der Waals surface area contributed by atoms with E-state index in [-0.39, 0.29) is 0 Å². The van der Waals surface area contributed by atoms with Gasteiger partial charge in [0.05, 0.1) is 7.11 Å². The van der Waals surface area contributed by atoms with Gasteiger partial charge >= 0.3 is 5.97 Å². The minimum absolute atomic E-state index is 0.424. The van der Waals surface area contributed by atoms with Crippen molar-refractivity contribution < 1.29 is 14.3 Å². The zero-order chi connectivity index (χ0) is 22.6. The summed E-state index contributed by atoms with van der Waals surface area (Å²) in [6.45, 7) is 0. The van der Waals surface area contributed by atoms with Gasteiger partial charge in [-0.2, -0.15) is 0 Å². The van der Waals surface area contributed by atoms with Crippen molar-refractivity contribution in [1.29, 1.82) is 0 Å². The fourth-order valence-electron chi connectivity index (χ4n) is 4.41. The Kier molecular flexibility index (Phi) is 5.88. The van der Waals surface area contributed by atoms with Crippen LogP contribution in [-0.4, -0.2) is 13.1 Å². The summed E-state index contributed by atoms with van der Waals surface area (Å²) in [7, 11) is 1.40. The predicted octanol–water partition coefficient (Wildman–Crippen LogP) is 7.01. The van der Waals surface area contributed by atoms with Crippen molar-refractivity contribution in [3.05, 3.63) is 132 Å². The van der Waals surface area contributed by atoms with Crippen LogP contribution in [0.5, 0.6) is 0 Å². The molecule has 162 valence electrons. The topological polar surface area (TPSA) is 35.5 Å². The number of ether oxygens (including phenoxy) is 2. The van der Waals surface area contributed by atoms with Crippen LogP contribution in [0.25, 0.3) is 21.5 Å². The van der Waals surface area contributed by atoms with E-state index < -0.39 is 18.2 Å². The van der Waals surface area contributed by atoms with E-state index >= 15 is 0 Å². The molecule has 0 amide bonds. The number of fused-ring (bicyclic) bond motifs is 2. The van der Waals surface area contributed by atoms with Crippen LogP contribution in [0.4, 0.5) is 0 Å². The smallest absolute Gasteiger partial charge is 0.339 e. The van der Waals surface area contributed by atoms with E-state index in [1.165, 1.54) is 7.11 Å². The lowest BCUT2D eigenvalue weighted by atomic mass is 9.92. The molecule has 1 atom stereocenters. The van der Waals surface area contributed by atoms with Crippen LogP contribution >= 0.6 is 0 Å². The molecule has 0 aliphatic rings. The predicted molar refractivity (Wildman–Crippen MR) is 132 cm³/mol.